The average Bonchev–Trinajstić information content (AvgIpc) is 2.86. The quantitative estimate of drug-likeness (QED) is 0.904. The van der Waals surface area contributed by atoms with Gasteiger partial charge in [-0.3, -0.25) is 4.57 Å². The topological polar surface area (TPSA) is 63.0 Å². The van der Waals surface area contributed by atoms with Gasteiger partial charge in [-0.15, -0.1) is 0 Å². The first kappa shape index (κ1) is 15.3. The lowest BCUT2D eigenvalue weighted by atomic mass is 9.99. The monoisotopic (exact) mass is 320 g/mol. The Morgan fingerprint density at radius 3 is 2.82 bits per heavy atom. The lowest BCUT2D eigenvalue weighted by Crippen LogP contribution is -2.20. The normalized spacial score (nSPS) is 15.5. The van der Waals surface area contributed by atoms with Crippen LogP contribution in [0.25, 0.3) is 16.7 Å². The van der Waals surface area contributed by atoms with Crippen LogP contribution >= 0.6 is 11.6 Å². The van der Waals surface area contributed by atoms with Crippen LogP contribution in [0.1, 0.15) is 44.7 Å². The van der Waals surface area contributed by atoms with Gasteiger partial charge in [0.15, 0.2) is 5.65 Å². The molecule has 1 aliphatic heterocycles. The van der Waals surface area contributed by atoms with Crippen LogP contribution in [-0.4, -0.2) is 32.7 Å². The van der Waals surface area contributed by atoms with Crippen LogP contribution in [0.4, 0.5) is 0 Å². The lowest BCUT2D eigenvalue weighted by molar-refractivity contribution is 0.361. The maximum absolute atomic E-state index is 10.3. The third kappa shape index (κ3) is 2.48. The number of aromatic nitrogens is 3. The van der Waals surface area contributed by atoms with Crippen LogP contribution in [0, 0.1) is 0 Å². The number of nitrogens with one attached hydrogen (secondary N) is 1. The van der Waals surface area contributed by atoms with Gasteiger partial charge in [-0.05, 0) is 31.4 Å². The number of imidazole rings is 1. The van der Waals surface area contributed by atoms with Gasteiger partial charge in [-0.2, -0.15) is 4.98 Å². The maximum atomic E-state index is 10.3. The molecular weight excluding hydrogens is 300 g/mol. The number of rotatable bonds is 4. The van der Waals surface area contributed by atoms with Gasteiger partial charge < -0.3 is 10.4 Å². The molecule has 118 valence electrons. The van der Waals surface area contributed by atoms with Crippen molar-refractivity contribution in [1.82, 2.24) is 19.9 Å². The number of aromatic hydroxyl groups is 1. The third-order valence-electron chi connectivity index (χ3n) is 4.34. The Labute approximate surface area is 135 Å². The summed E-state index contributed by atoms with van der Waals surface area (Å²) in [7, 11) is 0. The number of hydrogen-bond acceptors (Lipinski definition) is 4. The number of pyridine rings is 1. The second-order valence-electron chi connectivity index (χ2n) is 5.59. The van der Waals surface area contributed by atoms with E-state index in [0.717, 1.165) is 43.4 Å². The Bertz CT molecular complexity index is 718. The van der Waals surface area contributed by atoms with E-state index < -0.39 is 0 Å². The lowest BCUT2D eigenvalue weighted by Gasteiger charge is -2.20. The molecule has 0 saturated heterocycles. The fraction of sp³-hybridized carbons (Fsp3) is 0.500. The number of nitrogens with zero attached hydrogens (tertiary/aromatic N) is 3. The highest BCUT2D eigenvalue weighted by molar-refractivity contribution is 6.33. The molecular formula is C16H21ClN4O. The van der Waals surface area contributed by atoms with Crippen LogP contribution in [0.15, 0.2) is 12.3 Å². The molecule has 0 fully saturated rings. The summed E-state index contributed by atoms with van der Waals surface area (Å²) in [4.78, 5) is 8.53. The molecule has 2 aromatic rings. The second kappa shape index (κ2) is 6.26. The van der Waals surface area contributed by atoms with Crippen molar-refractivity contribution in [2.75, 3.05) is 13.1 Å². The van der Waals surface area contributed by atoms with Gasteiger partial charge in [0.05, 0.1) is 10.5 Å². The molecule has 2 N–H and O–H groups in total. The molecule has 6 heteroatoms. The zero-order chi connectivity index (χ0) is 15.7. The van der Waals surface area contributed by atoms with Crippen molar-refractivity contribution >= 4 is 28.3 Å². The summed E-state index contributed by atoms with van der Waals surface area (Å²) in [5, 5.41) is 14.2. The first-order valence-electron chi connectivity index (χ1n) is 7.82. The zero-order valence-electron chi connectivity index (χ0n) is 12.9. The summed E-state index contributed by atoms with van der Waals surface area (Å²) in [5.41, 5.74) is 3.58. The standard InChI is InChI=1S/C16H21ClN4O/c1-3-11(4-2)21-14-13(10-5-7-18-8-6-10)12(17)9-19-15(14)20-16(21)22/h5,9,11,18H,3-4,6-8H2,1-2H3,(H,19,20,22). The minimum absolute atomic E-state index is 0.0225. The summed E-state index contributed by atoms with van der Waals surface area (Å²) < 4.78 is 1.90. The van der Waals surface area contributed by atoms with E-state index in [-0.39, 0.29) is 12.1 Å². The SMILES string of the molecule is CCC(CC)n1c(O)nc2ncc(Cl)c(C3=CCNCC3)c21. The van der Waals surface area contributed by atoms with E-state index in [4.69, 9.17) is 11.6 Å². The van der Waals surface area contributed by atoms with Crippen LogP contribution in [0.5, 0.6) is 6.01 Å². The molecule has 1 aliphatic rings. The molecule has 0 bridgehead atoms. The summed E-state index contributed by atoms with van der Waals surface area (Å²) in [6.07, 6.45) is 6.54. The predicted molar refractivity (Wildman–Crippen MR) is 89.3 cm³/mol. The zero-order valence-corrected chi connectivity index (χ0v) is 13.7. The van der Waals surface area contributed by atoms with Crippen molar-refractivity contribution in [1.29, 1.82) is 0 Å². The predicted octanol–water partition coefficient (Wildman–Crippen LogP) is 3.53. The van der Waals surface area contributed by atoms with Crippen LogP contribution in [0.3, 0.4) is 0 Å². The van der Waals surface area contributed by atoms with Crippen LogP contribution in [0.2, 0.25) is 5.02 Å². The van der Waals surface area contributed by atoms with E-state index >= 15 is 0 Å². The molecule has 0 aliphatic carbocycles. The Morgan fingerprint density at radius 2 is 2.18 bits per heavy atom. The first-order valence-corrected chi connectivity index (χ1v) is 8.20. The molecule has 22 heavy (non-hydrogen) atoms. The number of fused-ring (bicyclic) bond motifs is 1. The van der Waals surface area contributed by atoms with E-state index in [1.54, 1.807) is 6.20 Å². The molecule has 0 saturated carbocycles. The smallest absolute Gasteiger partial charge is 0.296 e. The average molecular weight is 321 g/mol. The minimum Gasteiger partial charge on any atom is -0.480 e. The summed E-state index contributed by atoms with van der Waals surface area (Å²) in [6, 6.07) is 0.209. The van der Waals surface area contributed by atoms with Crippen LogP contribution < -0.4 is 5.32 Å². The van der Waals surface area contributed by atoms with Gasteiger partial charge in [0.1, 0.15) is 0 Å². The molecule has 0 spiro atoms. The number of hydrogen-bond donors (Lipinski definition) is 2. The van der Waals surface area contributed by atoms with E-state index in [1.807, 2.05) is 4.57 Å². The van der Waals surface area contributed by atoms with Crippen molar-refractivity contribution in [2.45, 2.75) is 39.2 Å². The molecule has 0 unspecified atom stereocenters. The Hall–Kier alpha value is -1.59. The molecule has 0 radical (unpaired) electrons. The van der Waals surface area contributed by atoms with Gasteiger partial charge in [0.2, 0.25) is 0 Å². The maximum Gasteiger partial charge on any atom is 0.296 e. The van der Waals surface area contributed by atoms with E-state index in [1.165, 1.54) is 5.57 Å². The third-order valence-corrected chi connectivity index (χ3v) is 4.63. The molecule has 0 atom stereocenters. The minimum atomic E-state index is 0.0225. The first-order chi connectivity index (χ1) is 10.7. The van der Waals surface area contributed by atoms with E-state index in [9.17, 15) is 5.11 Å². The van der Waals surface area contributed by atoms with Gasteiger partial charge in [0.25, 0.3) is 6.01 Å². The van der Waals surface area contributed by atoms with Gasteiger partial charge in [-0.1, -0.05) is 31.5 Å². The second-order valence-corrected chi connectivity index (χ2v) is 6.00. The Morgan fingerprint density at radius 1 is 1.41 bits per heavy atom. The fourth-order valence-electron chi connectivity index (χ4n) is 3.18. The van der Waals surface area contributed by atoms with Crippen molar-refractivity contribution in [2.24, 2.45) is 0 Å². The largest absolute Gasteiger partial charge is 0.480 e. The van der Waals surface area contributed by atoms with Gasteiger partial charge in [-0.25, -0.2) is 4.98 Å². The summed E-state index contributed by atoms with van der Waals surface area (Å²) >= 11 is 6.46. The summed E-state index contributed by atoms with van der Waals surface area (Å²) in [5.74, 6) is 0. The van der Waals surface area contributed by atoms with Crippen molar-refractivity contribution in [3.05, 3.63) is 22.9 Å². The summed E-state index contributed by atoms with van der Waals surface area (Å²) in [6.45, 7) is 5.99. The van der Waals surface area contributed by atoms with Crippen molar-refractivity contribution in [3.8, 4) is 6.01 Å². The highest BCUT2D eigenvalue weighted by Gasteiger charge is 2.23. The van der Waals surface area contributed by atoms with Crippen molar-refractivity contribution < 1.29 is 5.11 Å². The number of halogens is 1. The van der Waals surface area contributed by atoms with E-state index in [0.29, 0.717) is 10.7 Å². The molecule has 0 aromatic carbocycles. The van der Waals surface area contributed by atoms with Gasteiger partial charge in [0, 0.05) is 24.3 Å². The molecule has 2 aromatic heterocycles. The molecule has 3 heterocycles. The highest BCUT2D eigenvalue weighted by atomic mass is 35.5. The van der Waals surface area contributed by atoms with Gasteiger partial charge >= 0.3 is 0 Å². The molecule has 3 rings (SSSR count). The fourth-order valence-corrected chi connectivity index (χ4v) is 3.44. The Balaban J connectivity index is 2.30. The Kier molecular flexibility index (Phi) is 4.36. The highest BCUT2D eigenvalue weighted by Crippen LogP contribution is 2.37. The van der Waals surface area contributed by atoms with Crippen molar-refractivity contribution in [3.63, 3.8) is 0 Å². The molecule has 0 amide bonds. The van der Waals surface area contributed by atoms with Crippen LogP contribution in [-0.2, 0) is 0 Å². The van der Waals surface area contributed by atoms with E-state index in [2.05, 4.69) is 35.2 Å². The molecule has 5 nitrogen and oxygen atoms in total.